The van der Waals surface area contributed by atoms with Crippen LogP contribution in [0.5, 0.6) is 5.75 Å². The van der Waals surface area contributed by atoms with Gasteiger partial charge >= 0.3 is 0 Å². The molecule has 1 saturated heterocycles. The number of hydrazone groups is 1. The summed E-state index contributed by atoms with van der Waals surface area (Å²) in [7, 11) is 0. The Kier molecular flexibility index (Phi) is 5.33. The van der Waals surface area contributed by atoms with Crippen LogP contribution in [0, 0.1) is 0 Å². The molecule has 3 heterocycles. The van der Waals surface area contributed by atoms with Gasteiger partial charge in [-0.2, -0.15) is 5.10 Å². The van der Waals surface area contributed by atoms with Crippen LogP contribution in [0.3, 0.4) is 0 Å². The summed E-state index contributed by atoms with van der Waals surface area (Å²) >= 11 is 1.77. The topological polar surface area (TPSA) is 45.1 Å². The molecule has 1 amide bonds. The van der Waals surface area contributed by atoms with Gasteiger partial charge in [-0.15, -0.1) is 0 Å². The van der Waals surface area contributed by atoms with Crippen molar-refractivity contribution in [3.8, 4) is 5.75 Å². The Morgan fingerprint density at radius 2 is 1.62 bits per heavy atom. The van der Waals surface area contributed by atoms with Crippen molar-refractivity contribution in [1.82, 2.24) is 9.91 Å². The fourth-order valence-electron chi connectivity index (χ4n) is 5.24. The van der Waals surface area contributed by atoms with Gasteiger partial charge in [-0.05, 0) is 35.9 Å². The van der Waals surface area contributed by atoms with E-state index in [9.17, 15) is 4.79 Å². The maximum Gasteiger partial charge on any atom is 0.219 e. The third kappa shape index (κ3) is 3.76. The maximum absolute atomic E-state index is 11.9. The van der Waals surface area contributed by atoms with E-state index in [4.69, 9.17) is 9.84 Å². The molecule has 6 heteroatoms. The fraction of sp³-hybridized carbons (Fsp3) is 0.286. The van der Waals surface area contributed by atoms with E-state index in [-0.39, 0.29) is 11.9 Å². The first-order chi connectivity index (χ1) is 16.6. The Morgan fingerprint density at radius 3 is 2.35 bits per heavy atom. The van der Waals surface area contributed by atoms with Gasteiger partial charge in [0.1, 0.15) is 5.75 Å². The molecule has 3 aromatic carbocycles. The van der Waals surface area contributed by atoms with Crippen LogP contribution < -0.4 is 4.74 Å². The summed E-state index contributed by atoms with van der Waals surface area (Å²) in [5.41, 5.74) is 2.93. The zero-order valence-electron chi connectivity index (χ0n) is 19.2. The van der Waals surface area contributed by atoms with Gasteiger partial charge in [0.25, 0.3) is 0 Å². The Morgan fingerprint density at radius 1 is 0.941 bits per heavy atom. The van der Waals surface area contributed by atoms with Crippen molar-refractivity contribution < 1.29 is 9.53 Å². The number of carbonyl (C=O) groups is 1. The summed E-state index contributed by atoms with van der Waals surface area (Å²) in [6, 6.07) is 27.6. The number of amides is 1. The van der Waals surface area contributed by atoms with Crippen LogP contribution in [0.15, 0.2) is 93.8 Å². The maximum atomic E-state index is 11.9. The average Bonchev–Trinajstić information content (AvgIpc) is 3.33. The van der Waals surface area contributed by atoms with E-state index < -0.39 is 5.72 Å². The van der Waals surface area contributed by atoms with Crippen molar-refractivity contribution in [3.05, 3.63) is 90.0 Å². The molecule has 1 atom stereocenters. The van der Waals surface area contributed by atoms with E-state index in [0.717, 1.165) is 36.3 Å². The van der Waals surface area contributed by atoms with Gasteiger partial charge in [-0.1, -0.05) is 60.3 Å². The summed E-state index contributed by atoms with van der Waals surface area (Å²) in [6.45, 7) is 3.03. The quantitative estimate of drug-likeness (QED) is 0.492. The molecule has 1 fully saturated rings. The molecule has 6 rings (SSSR count). The third-order valence-electron chi connectivity index (χ3n) is 7.06. The first kappa shape index (κ1) is 21.3. The van der Waals surface area contributed by atoms with Gasteiger partial charge in [0.05, 0.1) is 11.8 Å². The summed E-state index contributed by atoms with van der Waals surface area (Å²) in [5.74, 6) is 1.08. The monoisotopic (exact) mass is 469 g/mol. The molecule has 0 N–H and O–H groups in total. The molecule has 0 bridgehead atoms. The van der Waals surface area contributed by atoms with E-state index in [0.29, 0.717) is 13.1 Å². The highest BCUT2D eigenvalue weighted by Crippen LogP contribution is 2.50. The molecule has 1 spiro atoms. The Labute approximate surface area is 204 Å². The number of fused-ring (bicyclic) bond motifs is 4. The molecular weight excluding hydrogens is 442 g/mol. The molecule has 34 heavy (non-hydrogen) atoms. The van der Waals surface area contributed by atoms with E-state index in [1.165, 1.54) is 15.4 Å². The van der Waals surface area contributed by atoms with Gasteiger partial charge < -0.3 is 9.64 Å². The normalized spacial score (nSPS) is 20.4. The van der Waals surface area contributed by atoms with Gasteiger partial charge in [0.2, 0.25) is 11.6 Å². The van der Waals surface area contributed by atoms with Gasteiger partial charge in [0.15, 0.2) is 0 Å². The van der Waals surface area contributed by atoms with Crippen molar-refractivity contribution in [3.63, 3.8) is 0 Å². The number of likely N-dealkylation sites (tertiary alicyclic amines) is 1. The minimum Gasteiger partial charge on any atom is -0.466 e. The number of para-hydroxylation sites is 1. The second kappa shape index (κ2) is 8.51. The highest BCUT2D eigenvalue weighted by molar-refractivity contribution is 7.99. The number of piperidine rings is 1. The predicted molar refractivity (Wildman–Crippen MR) is 134 cm³/mol. The Hall–Kier alpha value is -3.25. The van der Waals surface area contributed by atoms with Crippen molar-refractivity contribution in [2.24, 2.45) is 5.10 Å². The van der Waals surface area contributed by atoms with Crippen LogP contribution >= 0.6 is 11.8 Å². The molecule has 3 aliphatic heterocycles. The molecule has 0 radical (unpaired) electrons. The number of ether oxygens (including phenoxy) is 1. The largest absolute Gasteiger partial charge is 0.466 e. The number of hydrogen-bond acceptors (Lipinski definition) is 5. The van der Waals surface area contributed by atoms with Crippen molar-refractivity contribution >= 4 is 23.4 Å². The SMILES string of the molecule is CC(=O)N1CCC2(CC1)Oc1ccccc1[C@@H]1CC(c3ccc(Sc4ccccc4)cc3)=NN12. The fourth-order valence-corrected chi connectivity index (χ4v) is 6.08. The van der Waals surface area contributed by atoms with E-state index in [2.05, 4.69) is 71.7 Å². The molecule has 3 aliphatic rings. The predicted octanol–water partition coefficient (Wildman–Crippen LogP) is 5.72. The zero-order valence-corrected chi connectivity index (χ0v) is 20.0. The van der Waals surface area contributed by atoms with Crippen LogP contribution in [-0.4, -0.2) is 40.3 Å². The van der Waals surface area contributed by atoms with Crippen LogP contribution in [0.1, 0.15) is 43.4 Å². The van der Waals surface area contributed by atoms with E-state index >= 15 is 0 Å². The number of hydrogen-bond donors (Lipinski definition) is 0. The third-order valence-corrected chi connectivity index (χ3v) is 8.08. The second-order valence-corrected chi connectivity index (χ2v) is 10.3. The number of carbonyl (C=O) groups excluding carboxylic acids is 1. The first-order valence-corrected chi connectivity index (χ1v) is 12.7. The first-order valence-electron chi connectivity index (χ1n) is 11.8. The highest BCUT2D eigenvalue weighted by Gasteiger charge is 2.52. The molecule has 3 aromatic rings. The Bertz CT molecular complexity index is 1230. The van der Waals surface area contributed by atoms with Crippen LogP contribution in [0.4, 0.5) is 0 Å². The number of rotatable bonds is 3. The molecule has 172 valence electrons. The molecule has 0 saturated carbocycles. The van der Waals surface area contributed by atoms with Crippen molar-refractivity contribution in [2.75, 3.05) is 13.1 Å². The second-order valence-electron chi connectivity index (χ2n) is 9.14. The van der Waals surface area contributed by atoms with Crippen molar-refractivity contribution in [1.29, 1.82) is 0 Å². The van der Waals surface area contributed by atoms with E-state index in [1.54, 1.807) is 18.7 Å². The van der Waals surface area contributed by atoms with Crippen LogP contribution in [0.25, 0.3) is 0 Å². The molecule has 5 nitrogen and oxygen atoms in total. The summed E-state index contributed by atoms with van der Waals surface area (Å²) in [6.07, 6.45) is 2.35. The Balaban J connectivity index is 1.29. The lowest BCUT2D eigenvalue weighted by Gasteiger charge is -2.51. The smallest absolute Gasteiger partial charge is 0.219 e. The standard InChI is InChI=1S/C28H27N3O2S/c1-20(32)30-17-15-28(16-18-30)31-26(24-9-5-6-10-27(24)33-28)19-25(29-31)21-11-13-23(14-12-21)34-22-7-3-2-4-8-22/h2-14,26H,15-19H2,1H3/t26-/m0/s1. The molecular formula is C28H27N3O2S. The number of nitrogens with zero attached hydrogens (tertiary/aromatic N) is 3. The number of benzene rings is 3. The summed E-state index contributed by atoms with van der Waals surface area (Å²) in [5, 5.41) is 7.36. The lowest BCUT2D eigenvalue weighted by molar-refractivity contribution is -0.158. The van der Waals surface area contributed by atoms with Crippen LogP contribution in [0.2, 0.25) is 0 Å². The van der Waals surface area contributed by atoms with Gasteiger partial charge in [-0.25, -0.2) is 5.01 Å². The van der Waals surface area contributed by atoms with Crippen LogP contribution in [-0.2, 0) is 4.79 Å². The van der Waals surface area contributed by atoms with Gasteiger partial charge in [-0.3, -0.25) is 4.79 Å². The zero-order chi connectivity index (χ0) is 23.1. The minimum atomic E-state index is -0.504. The van der Waals surface area contributed by atoms with Gasteiger partial charge in [0, 0.05) is 54.6 Å². The molecule has 0 unspecified atom stereocenters. The molecule has 0 aliphatic carbocycles. The average molecular weight is 470 g/mol. The van der Waals surface area contributed by atoms with Crippen molar-refractivity contribution in [2.45, 2.75) is 47.7 Å². The summed E-state index contributed by atoms with van der Waals surface area (Å²) < 4.78 is 6.65. The lowest BCUT2D eigenvalue weighted by Crippen LogP contribution is -2.59. The summed E-state index contributed by atoms with van der Waals surface area (Å²) in [4.78, 5) is 16.3. The highest BCUT2D eigenvalue weighted by atomic mass is 32.2. The lowest BCUT2D eigenvalue weighted by atomic mass is 9.90. The van der Waals surface area contributed by atoms with E-state index in [1.807, 2.05) is 17.0 Å². The molecule has 0 aromatic heterocycles. The minimum absolute atomic E-state index is 0.127.